The van der Waals surface area contributed by atoms with Gasteiger partial charge in [-0.2, -0.15) is 0 Å². The zero-order valence-corrected chi connectivity index (χ0v) is 7.78. The second-order valence-electron chi connectivity index (χ2n) is 1.68. The molecule has 0 aromatic rings. The number of hydrogen-bond acceptors (Lipinski definition) is 0. The summed E-state index contributed by atoms with van der Waals surface area (Å²) in [4.78, 5) is 0. The maximum absolute atomic E-state index is 3.56. The van der Waals surface area contributed by atoms with Crippen LogP contribution in [0.25, 0.3) is 0 Å². The highest BCUT2D eigenvalue weighted by molar-refractivity contribution is 4.88. The minimum atomic E-state index is 0. The first kappa shape index (κ1) is 22.5. The van der Waals surface area contributed by atoms with Crippen LogP contribution >= 0.6 is 0 Å². The third kappa shape index (κ3) is 9930. The van der Waals surface area contributed by atoms with Crippen LogP contribution < -0.4 is 0 Å². The SMILES string of the molecule is C.C=C(C)C.C=CC=C.CC. The van der Waals surface area contributed by atoms with E-state index in [-0.39, 0.29) is 7.43 Å². The van der Waals surface area contributed by atoms with E-state index < -0.39 is 0 Å². The average Bonchev–Trinajstić information content (AvgIpc) is 1.91. The number of rotatable bonds is 1. The molecule has 0 spiro atoms. The average molecular weight is 156 g/mol. The van der Waals surface area contributed by atoms with Crippen molar-refractivity contribution in [2.24, 2.45) is 0 Å². The van der Waals surface area contributed by atoms with Gasteiger partial charge in [-0.1, -0.05) is 52.2 Å². The molecule has 0 atom stereocenters. The zero-order valence-electron chi connectivity index (χ0n) is 7.78. The van der Waals surface area contributed by atoms with Gasteiger partial charge in [0.25, 0.3) is 0 Å². The van der Waals surface area contributed by atoms with E-state index in [4.69, 9.17) is 0 Å². The van der Waals surface area contributed by atoms with E-state index in [2.05, 4.69) is 19.7 Å². The molecule has 0 nitrogen and oxygen atoms in total. The van der Waals surface area contributed by atoms with Crippen LogP contribution in [-0.4, -0.2) is 0 Å². The van der Waals surface area contributed by atoms with Crippen LogP contribution in [0.1, 0.15) is 35.1 Å². The Balaban J connectivity index is -0.0000000339. The standard InChI is InChI=1S/C4H8.C4H6.C2H6.CH4/c1-4(2)3;1-3-4-2;1-2;/h1H2,2-3H3;3-4H,1-2H2;1-2H3;1H4. The first-order chi connectivity index (χ1) is 4.65. The lowest BCUT2D eigenvalue weighted by atomic mass is 10.4. The summed E-state index contributed by atoms with van der Waals surface area (Å²) in [6.07, 6.45) is 3.28. The fourth-order valence-corrected chi connectivity index (χ4v) is 0. The van der Waals surface area contributed by atoms with Gasteiger partial charge >= 0.3 is 0 Å². The molecule has 0 N–H and O–H groups in total. The molecule has 0 fully saturated rings. The van der Waals surface area contributed by atoms with Crippen molar-refractivity contribution >= 4 is 0 Å². The Bertz CT molecular complexity index is 68.0. The molecule has 11 heavy (non-hydrogen) atoms. The molecule has 0 aromatic carbocycles. The molecule has 0 unspecified atom stereocenters. The van der Waals surface area contributed by atoms with Gasteiger partial charge in [-0.05, 0) is 13.8 Å². The number of hydrogen-bond donors (Lipinski definition) is 0. The smallest absolute Gasteiger partial charge is 0.0445 e. The summed E-state index contributed by atoms with van der Waals surface area (Å²) < 4.78 is 0. The molecule has 0 aliphatic carbocycles. The molecule has 0 rings (SSSR count). The van der Waals surface area contributed by atoms with E-state index in [0.717, 1.165) is 0 Å². The molecular formula is C11H24. The second kappa shape index (κ2) is 35.0. The van der Waals surface area contributed by atoms with Crippen molar-refractivity contribution in [3.8, 4) is 0 Å². The van der Waals surface area contributed by atoms with E-state index in [1.807, 2.05) is 27.7 Å². The van der Waals surface area contributed by atoms with Gasteiger partial charge in [-0.15, -0.1) is 6.58 Å². The van der Waals surface area contributed by atoms with Gasteiger partial charge in [-0.25, -0.2) is 0 Å². The summed E-state index contributed by atoms with van der Waals surface area (Å²) in [6.45, 7) is 18.2. The van der Waals surface area contributed by atoms with E-state index in [1.165, 1.54) is 5.57 Å². The third-order valence-electron chi connectivity index (χ3n) is 0.167. The maximum Gasteiger partial charge on any atom is -0.0445 e. The van der Waals surface area contributed by atoms with Gasteiger partial charge in [0.05, 0.1) is 0 Å². The van der Waals surface area contributed by atoms with Crippen LogP contribution in [0.2, 0.25) is 0 Å². The quantitative estimate of drug-likeness (QED) is 0.384. The summed E-state index contributed by atoms with van der Waals surface area (Å²) >= 11 is 0. The highest BCUT2D eigenvalue weighted by Gasteiger charge is 1.51. The van der Waals surface area contributed by atoms with Gasteiger partial charge in [0.2, 0.25) is 0 Å². The molecule has 68 valence electrons. The zero-order chi connectivity index (χ0) is 8.99. The van der Waals surface area contributed by atoms with Crippen LogP contribution in [0.15, 0.2) is 37.5 Å². The van der Waals surface area contributed by atoms with Crippen molar-refractivity contribution in [2.45, 2.75) is 35.1 Å². The monoisotopic (exact) mass is 156 g/mol. The van der Waals surface area contributed by atoms with Gasteiger partial charge in [0.15, 0.2) is 0 Å². The van der Waals surface area contributed by atoms with Crippen molar-refractivity contribution in [1.29, 1.82) is 0 Å². The summed E-state index contributed by atoms with van der Waals surface area (Å²) in [7, 11) is 0. The topological polar surface area (TPSA) is 0 Å². The summed E-state index contributed by atoms with van der Waals surface area (Å²) in [6, 6.07) is 0. The fourth-order valence-electron chi connectivity index (χ4n) is 0. The Kier molecular flexibility index (Phi) is 71.4. The molecular weight excluding hydrogens is 132 g/mol. The molecule has 0 heteroatoms. The first-order valence-corrected chi connectivity index (χ1v) is 3.50. The molecule has 0 aromatic heterocycles. The molecule has 0 amide bonds. The lowest BCUT2D eigenvalue weighted by Gasteiger charge is -1.65. The summed E-state index contributed by atoms with van der Waals surface area (Å²) in [5.41, 5.74) is 1.17. The third-order valence-corrected chi connectivity index (χ3v) is 0.167. The predicted molar refractivity (Wildman–Crippen MR) is 59.0 cm³/mol. The van der Waals surface area contributed by atoms with Crippen LogP contribution in [0.3, 0.4) is 0 Å². The maximum atomic E-state index is 3.56. The Morgan fingerprint density at radius 3 is 1.09 bits per heavy atom. The second-order valence-corrected chi connectivity index (χ2v) is 1.68. The van der Waals surface area contributed by atoms with Gasteiger partial charge < -0.3 is 0 Å². The molecule has 0 saturated heterocycles. The molecule has 0 radical (unpaired) electrons. The van der Waals surface area contributed by atoms with E-state index in [9.17, 15) is 0 Å². The molecule has 0 aliphatic heterocycles. The Morgan fingerprint density at radius 2 is 1.09 bits per heavy atom. The highest BCUT2D eigenvalue weighted by atomic mass is 13.6. The van der Waals surface area contributed by atoms with Crippen molar-refractivity contribution in [2.75, 3.05) is 0 Å². The van der Waals surface area contributed by atoms with Crippen molar-refractivity contribution in [1.82, 2.24) is 0 Å². The number of allylic oxidation sites excluding steroid dienone is 3. The largest absolute Gasteiger partial charge is 0.100 e. The predicted octanol–water partition coefficient (Wildman–Crippen LogP) is 4.60. The Hall–Kier alpha value is -0.780. The van der Waals surface area contributed by atoms with E-state index in [0.29, 0.717) is 0 Å². The fraction of sp³-hybridized carbons (Fsp3) is 0.455. The van der Waals surface area contributed by atoms with Crippen LogP contribution in [-0.2, 0) is 0 Å². The van der Waals surface area contributed by atoms with E-state index >= 15 is 0 Å². The summed E-state index contributed by atoms with van der Waals surface area (Å²) in [5.74, 6) is 0. The molecule has 0 aliphatic rings. The van der Waals surface area contributed by atoms with Crippen molar-refractivity contribution in [3.63, 3.8) is 0 Å². The van der Waals surface area contributed by atoms with Crippen molar-refractivity contribution in [3.05, 3.63) is 37.5 Å². The van der Waals surface area contributed by atoms with Crippen molar-refractivity contribution < 1.29 is 0 Å². The lowest BCUT2D eigenvalue weighted by Crippen LogP contribution is -1.43. The van der Waals surface area contributed by atoms with Crippen LogP contribution in [0, 0.1) is 0 Å². The lowest BCUT2D eigenvalue weighted by molar-refractivity contribution is 1.42. The first-order valence-electron chi connectivity index (χ1n) is 3.50. The normalized spacial score (nSPS) is 4.73. The molecule has 0 heterocycles. The Morgan fingerprint density at radius 1 is 1.00 bits per heavy atom. The van der Waals surface area contributed by atoms with E-state index in [1.54, 1.807) is 12.2 Å². The van der Waals surface area contributed by atoms with Crippen LogP contribution in [0.4, 0.5) is 0 Å². The minimum absolute atomic E-state index is 0. The minimum Gasteiger partial charge on any atom is -0.100 e. The molecule has 0 bridgehead atoms. The molecule has 0 saturated carbocycles. The summed E-state index contributed by atoms with van der Waals surface area (Å²) in [5, 5.41) is 0. The highest BCUT2D eigenvalue weighted by Crippen LogP contribution is 1.73. The van der Waals surface area contributed by atoms with Crippen LogP contribution in [0.5, 0.6) is 0 Å². The van der Waals surface area contributed by atoms with Gasteiger partial charge in [0.1, 0.15) is 0 Å². The van der Waals surface area contributed by atoms with Gasteiger partial charge in [-0.3, -0.25) is 0 Å². The Labute approximate surface area is 73.3 Å². The van der Waals surface area contributed by atoms with Gasteiger partial charge in [0, 0.05) is 0 Å².